The van der Waals surface area contributed by atoms with Gasteiger partial charge in [-0.3, -0.25) is 4.79 Å². The van der Waals surface area contributed by atoms with Crippen molar-refractivity contribution >= 4 is 43.2 Å². The first-order valence-corrected chi connectivity index (χ1v) is 10.9. The maximum absolute atomic E-state index is 12.3. The zero-order valence-electron chi connectivity index (χ0n) is 13.4. The third-order valence-electron chi connectivity index (χ3n) is 3.70. The monoisotopic (exact) mass is 380 g/mol. The zero-order valence-corrected chi connectivity index (χ0v) is 15.9. The van der Waals surface area contributed by atoms with Crippen molar-refractivity contribution < 1.29 is 8.42 Å². The van der Waals surface area contributed by atoms with E-state index in [1.54, 1.807) is 24.3 Å². The number of nitrogens with zero attached hydrogens (tertiary/aromatic N) is 1. The Morgan fingerprint density at radius 3 is 2.67 bits per heavy atom. The van der Waals surface area contributed by atoms with Crippen LogP contribution in [0.15, 0.2) is 38.9 Å². The Morgan fingerprint density at radius 2 is 1.96 bits per heavy atom. The second kappa shape index (κ2) is 6.34. The van der Waals surface area contributed by atoms with E-state index in [-0.39, 0.29) is 5.56 Å². The minimum absolute atomic E-state index is 0.145. The summed E-state index contributed by atoms with van der Waals surface area (Å²) in [6, 6.07) is 6.84. The second-order valence-electron chi connectivity index (χ2n) is 5.48. The van der Waals surface area contributed by atoms with Crippen molar-refractivity contribution in [3.05, 3.63) is 50.9 Å². The molecule has 0 saturated carbocycles. The van der Waals surface area contributed by atoms with Gasteiger partial charge in [-0.1, -0.05) is 12.1 Å². The molecule has 24 heavy (non-hydrogen) atoms. The number of rotatable bonds is 4. The van der Waals surface area contributed by atoms with Crippen molar-refractivity contribution in [1.29, 1.82) is 0 Å². The van der Waals surface area contributed by atoms with E-state index in [1.807, 2.05) is 13.8 Å². The first-order chi connectivity index (χ1) is 11.3. The van der Waals surface area contributed by atoms with E-state index in [1.165, 1.54) is 29.4 Å². The highest BCUT2D eigenvalue weighted by atomic mass is 32.2. The third kappa shape index (κ3) is 3.26. The topological polar surface area (TPSA) is 79.9 Å². The van der Waals surface area contributed by atoms with E-state index in [4.69, 9.17) is 0 Å². The van der Waals surface area contributed by atoms with Gasteiger partial charge in [-0.2, -0.15) is 0 Å². The van der Waals surface area contributed by atoms with Crippen LogP contribution in [0.25, 0.3) is 10.2 Å². The van der Waals surface area contributed by atoms with Gasteiger partial charge in [0, 0.05) is 16.0 Å². The average molecular weight is 381 g/mol. The first kappa shape index (κ1) is 17.2. The third-order valence-corrected chi connectivity index (χ3v) is 7.17. The molecule has 0 aliphatic heterocycles. The van der Waals surface area contributed by atoms with Crippen LogP contribution in [0.5, 0.6) is 0 Å². The molecule has 5 nitrogen and oxygen atoms in total. The van der Waals surface area contributed by atoms with Gasteiger partial charge in [-0.05, 0) is 31.5 Å². The molecule has 0 aliphatic carbocycles. The molecule has 2 heterocycles. The molecule has 0 saturated heterocycles. The van der Waals surface area contributed by atoms with Gasteiger partial charge >= 0.3 is 0 Å². The molecule has 0 radical (unpaired) electrons. The van der Waals surface area contributed by atoms with Crippen molar-refractivity contribution in [2.75, 3.05) is 6.26 Å². The number of nitrogens with one attached hydrogen (secondary N) is 1. The number of aromatic amines is 1. The molecule has 0 unspecified atom stereocenters. The number of sulfone groups is 1. The second-order valence-corrected chi connectivity index (χ2v) is 9.69. The van der Waals surface area contributed by atoms with E-state index in [0.717, 1.165) is 15.3 Å². The molecule has 0 bridgehead atoms. The molecule has 3 aromatic rings. The average Bonchev–Trinajstić information content (AvgIpc) is 2.79. The van der Waals surface area contributed by atoms with Crippen molar-refractivity contribution in [3.63, 3.8) is 0 Å². The molecule has 1 N–H and O–H groups in total. The lowest BCUT2D eigenvalue weighted by atomic mass is 10.2. The van der Waals surface area contributed by atoms with Crippen LogP contribution >= 0.6 is 23.1 Å². The summed E-state index contributed by atoms with van der Waals surface area (Å²) in [7, 11) is -3.29. The van der Waals surface area contributed by atoms with Crippen molar-refractivity contribution in [3.8, 4) is 0 Å². The highest BCUT2D eigenvalue weighted by Gasteiger charge is 2.15. The molecule has 3 rings (SSSR count). The fourth-order valence-electron chi connectivity index (χ4n) is 2.39. The smallest absolute Gasteiger partial charge is 0.259 e. The Balaban J connectivity index is 1.94. The van der Waals surface area contributed by atoms with Crippen LogP contribution in [-0.4, -0.2) is 24.6 Å². The highest BCUT2D eigenvalue weighted by molar-refractivity contribution is 7.99. The molecule has 8 heteroatoms. The predicted octanol–water partition coefficient (Wildman–Crippen LogP) is 3.30. The minimum Gasteiger partial charge on any atom is -0.309 e. The van der Waals surface area contributed by atoms with Crippen molar-refractivity contribution in [2.45, 2.75) is 29.4 Å². The van der Waals surface area contributed by atoms with E-state index in [2.05, 4.69) is 9.97 Å². The summed E-state index contributed by atoms with van der Waals surface area (Å²) in [5.41, 5.74) is 0.819. The normalized spacial score (nSPS) is 12.0. The van der Waals surface area contributed by atoms with Crippen LogP contribution in [0, 0.1) is 13.8 Å². The van der Waals surface area contributed by atoms with Gasteiger partial charge in [-0.25, -0.2) is 13.4 Å². The summed E-state index contributed by atoms with van der Waals surface area (Å²) < 4.78 is 23.7. The van der Waals surface area contributed by atoms with Crippen LogP contribution in [-0.2, 0) is 15.6 Å². The summed E-state index contributed by atoms with van der Waals surface area (Å²) in [6.07, 6.45) is 1.19. The molecule has 126 valence electrons. The quantitative estimate of drug-likeness (QED) is 0.703. The lowest BCUT2D eigenvalue weighted by Crippen LogP contribution is -2.11. The van der Waals surface area contributed by atoms with Gasteiger partial charge in [0.05, 0.1) is 16.0 Å². The predicted molar refractivity (Wildman–Crippen MR) is 98.8 cm³/mol. The van der Waals surface area contributed by atoms with Crippen LogP contribution in [0.4, 0.5) is 0 Å². The summed E-state index contributed by atoms with van der Waals surface area (Å²) >= 11 is 2.85. The molecular formula is C16H16N2O3S3. The number of H-pyrrole nitrogens is 1. The lowest BCUT2D eigenvalue weighted by molar-refractivity contribution is 0.600. The number of thioether (sulfide) groups is 1. The van der Waals surface area contributed by atoms with E-state index < -0.39 is 9.84 Å². The maximum atomic E-state index is 12.3. The van der Waals surface area contributed by atoms with Gasteiger partial charge in [0.15, 0.2) is 9.84 Å². The molecule has 0 amide bonds. The van der Waals surface area contributed by atoms with Gasteiger partial charge in [0.1, 0.15) is 10.7 Å². The molecule has 0 spiro atoms. The first-order valence-electron chi connectivity index (χ1n) is 7.18. The number of hydrogen-bond acceptors (Lipinski definition) is 6. The Labute approximate surface area is 148 Å². The number of fused-ring (bicyclic) bond motifs is 1. The number of aromatic nitrogens is 2. The number of benzene rings is 1. The zero-order chi connectivity index (χ0) is 17.5. The number of aryl methyl sites for hydroxylation is 2. The molecule has 0 aliphatic rings. The van der Waals surface area contributed by atoms with Crippen LogP contribution < -0.4 is 5.56 Å². The molecule has 1 aromatic carbocycles. The maximum Gasteiger partial charge on any atom is 0.259 e. The largest absolute Gasteiger partial charge is 0.309 e. The SMILES string of the molecule is Cc1sc2nc(CSc3ccccc3S(C)(=O)=O)[nH]c(=O)c2c1C. The molecule has 0 fully saturated rings. The Bertz CT molecular complexity index is 1080. The van der Waals surface area contributed by atoms with Crippen molar-refractivity contribution in [2.24, 2.45) is 0 Å². The number of thiophene rings is 1. The molecular weight excluding hydrogens is 364 g/mol. The Kier molecular flexibility index (Phi) is 4.54. The summed E-state index contributed by atoms with van der Waals surface area (Å²) in [6.45, 7) is 3.89. The molecule has 0 atom stereocenters. The fourth-order valence-corrected chi connectivity index (χ4v) is 5.64. The van der Waals surface area contributed by atoms with Crippen molar-refractivity contribution in [1.82, 2.24) is 9.97 Å². The highest BCUT2D eigenvalue weighted by Crippen LogP contribution is 2.30. The Morgan fingerprint density at radius 1 is 1.25 bits per heavy atom. The van der Waals surface area contributed by atoms with Gasteiger partial charge in [0.25, 0.3) is 5.56 Å². The molecule has 2 aromatic heterocycles. The van der Waals surface area contributed by atoms with E-state index in [9.17, 15) is 13.2 Å². The van der Waals surface area contributed by atoms with E-state index in [0.29, 0.717) is 26.8 Å². The van der Waals surface area contributed by atoms with Gasteiger partial charge in [-0.15, -0.1) is 23.1 Å². The van der Waals surface area contributed by atoms with Crippen LogP contribution in [0.1, 0.15) is 16.3 Å². The van der Waals surface area contributed by atoms with Crippen LogP contribution in [0.2, 0.25) is 0 Å². The summed E-state index contributed by atoms with van der Waals surface area (Å²) in [5, 5.41) is 0.641. The fraction of sp³-hybridized carbons (Fsp3) is 0.250. The van der Waals surface area contributed by atoms with Crippen LogP contribution in [0.3, 0.4) is 0 Å². The minimum atomic E-state index is -3.29. The van der Waals surface area contributed by atoms with Gasteiger partial charge in [0.2, 0.25) is 0 Å². The van der Waals surface area contributed by atoms with E-state index >= 15 is 0 Å². The summed E-state index contributed by atoms with van der Waals surface area (Å²) in [4.78, 5) is 22.3. The standard InChI is InChI=1S/C16H16N2O3S3/c1-9-10(2)23-16-14(9)15(19)17-13(18-16)8-22-11-6-4-5-7-12(11)24(3,20)21/h4-7H,8H2,1-3H3,(H,17,18,19). The Hall–Kier alpha value is -1.64. The summed E-state index contributed by atoms with van der Waals surface area (Å²) in [5.74, 6) is 0.940. The van der Waals surface area contributed by atoms with Gasteiger partial charge < -0.3 is 4.98 Å². The number of hydrogen-bond donors (Lipinski definition) is 1. The lowest BCUT2D eigenvalue weighted by Gasteiger charge is -2.07.